The summed E-state index contributed by atoms with van der Waals surface area (Å²) in [4.78, 5) is 2.04. The van der Waals surface area contributed by atoms with Crippen LogP contribution in [0.15, 0.2) is 23.9 Å². The summed E-state index contributed by atoms with van der Waals surface area (Å²) in [5.41, 5.74) is 2.40. The van der Waals surface area contributed by atoms with Crippen LogP contribution < -0.4 is 0 Å². The molecule has 1 nitrogen and oxygen atoms in total. The third-order valence-electron chi connectivity index (χ3n) is 1.73. The molecule has 0 heterocycles. The predicted octanol–water partition coefficient (Wildman–Crippen LogP) is 2.81. The normalized spacial score (nSPS) is 11.5. The zero-order valence-corrected chi connectivity index (χ0v) is 8.15. The number of hydrogen-bond acceptors (Lipinski definition) is 1. The topological polar surface area (TPSA) is 3.24 Å². The van der Waals surface area contributed by atoms with Crippen molar-refractivity contribution in [1.29, 1.82) is 0 Å². The minimum Gasteiger partial charge on any atom is -0.378 e. The van der Waals surface area contributed by atoms with Crippen molar-refractivity contribution in [2.45, 2.75) is 26.7 Å². The average Bonchev–Trinajstić information content (AvgIpc) is 1.98. The maximum absolute atomic E-state index is 3.96. The summed E-state index contributed by atoms with van der Waals surface area (Å²) in [6.45, 7) is 8.26. The Labute approximate surface area is 70.4 Å². The molecule has 0 amide bonds. The van der Waals surface area contributed by atoms with Crippen LogP contribution in [0.3, 0.4) is 0 Å². The number of unbranched alkanes of at least 4 members (excludes halogenated alkanes) is 1. The van der Waals surface area contributed by atoms with Crippen LogP contribution in [0.4, 0.5) is 0 Å². The number of nitrogens with zero attached hydrogens (tertiary/aromatic N) is 1. The predicted molar refractivity (Wildman–Crippen MR) is 51.5 cm³/mol. The van der Waals surface area contributed by atoms with Gasteiger partial charge in [-0.05, 0) is 18.9 Å². The van der Waals surface area contributed by atoms with E-state index in [9.17, 15) is 0 Å². The van der Waals surface area contributed by atoms with E-state index in [1.54, 1.807) is 0 Å². The van der Waals surface area contributed by atoms with Crippen LogP contribution in [0, 0.1) is 0 Å². The van der Waals surface area contributed by atoms with Gasteiger partial charge in [-0.1, -0.05) is 26.0 Å². The number of allylic oxidation sites excluding steroid dienone is 2. The number of hydrogen-bond donors (Lipinski definition) is 0. The first-order valence-electron chi connectivity index (χ1n) is 4.13. The van der Waals surface area contributed by atoms with Crippen molar-refractivity contribution in [2.75, 3.05) is 14.1 Å². The third-order valence-corrected chi connectivity index (χ3v) is 1.73. The van der Waals surface area contributed by atoms with E-state index in [1.807, 2.05) is 19.0 Å². The SMILES string of the molecule is C=C(C(C)=CCCC)N(C)C. The summed E-state index contributed by atoms with van der Waals surface area (Å²) in [6, 6.07) is 0. The minimum absolute atomic E-state index is 1.11. The number of likely N-dealkylation sites (N-methyl/N-ethyl adjacent to an activating group) is 1. The van der Waals surface area contributed by atoms with E-state index >= 15 is 0 Å². The highest BCUT2D eigenvalue weighted by Crippen LogP contribution is 2.09. The van der Waals surface area contributed by atoms with Crippen molar-refractivity contribution in [2.24, 2.45) is 0 Å². The Balaban J connectivity index is 4.01. The fraction of sp³-hybridized carbons (Fsp3) is 0.600. The van der Waals surface area contributed by atoms with Gasteiger partial charge >= 0.3 is 0 Å². The lowest BCUT2D eigenvalue weighted by atomic mass is 10.1. The molecule has 0 rings (SSSR count). The summed E-state index contributed by atoms with van der Waals surface area (Å²) in [7, 11) is 4.04. The lowest BCUT2D eigenvalue weighted by Gasteiger charge is -2.15. The fourth-order valence-electron chi connectivity index (χ4n) is 0.831. The van der Waals surface area contributed by atoms with Gasteiger partial charge in [0.2, 0.25) is 0 Å². The molecular formula is C10H19N. The monoisotopic (exact) mass is 153 g/mol. The molecule has 0 saturated heterocycles. The Morgan fingerprint density at radius 2 is 2.00 bits per heavy atom. The van der Waals surface area contributed by atoms with Crippen molar-refractivity contribution in [1.82, 2.24) is 4.90 Å². The van der Waals surface area contributed by atoms with Gasteiger partial charge in [0.15, 0.2) is 0 Å². The molecule has 0 aromatic rings. The molecule has 0 fully saturated rings. The molecule has 0 saturated carbocycles. The van der Waals surface area contributed by atoms with E-state index in [2.05, 4.69) is 26.5 Å². The zero-order chi connectivity index (χ0) is 8.85. The van der Waals surface area contributed by atoms with E-state index in [4.69, 9.17) is 0 Å². The summed E-state index contributed by atoms with van der Waals surface area (Å²) < 4.78 is 0. The van der Waals surface area contributed by atoms with Crippen LogP contribution in [0.1, 0.15) is 26.7 Å². The first-order valence-corrected chi connectivity index (χ1v) is 4.13. The molecule has 64 valence electrons. The Bertz CT molecular complexity index is 154. The van der Waals surface area contributed by atoms with Crippen LogP contribution in [0.25, 0.3) is 0 Å². The summed E-state index contributed by atoms with van der Waals surface area (Å²) in [5.74, 6) is 0. The highest BCUT2D eigenvalue weighted by molar-refractivity contribution is 5.23. The summed E-state index contributed by atoms with van der Waals surface area (Å²) >= 11 is 0. The Morgan fingerprint density at radius 3 is 2.36 bits per heavy atom. The molecule has 0 aliphatic heterocycles. The molecule has 0 radical (unpaired) electrons. The second-order valence-corrected chi connectivity index (χ2v) is 3.02. The van der Waals surface area contributed by atoms with Gasteiger partial charge in [0.25, 0.3) is 0 Å². The number of rotatable bonds is 4. The second-order valence-electron chi connectivity index (χ2n) is 3.02. The smallest absolute Gasteiger partial charge is 0.0314 e. The molecule has 0 atom stereocenters. The molecule has 0 unspecified atom stereocenters. The van der Waals surface area contributed by atoms with Crippen LogP contribution in [0.5, 0.6) is 0 Å². The Morgan fingerprint density at radius 1 is 1.45 bits per heavy atom. The standard InChI is InChI=1S/C10H19N/c1-6-7-8-9(2)10(3)11(4)5/h8H,3,6-7H2,1-2,4-5H3. The Hall–Kier alpha value is -0.720. The van der Waals surface area contributed by atoms with E-state index in [0.717, 1.165) is 12.1 Å². The van der Waals surface area contributed by atoms with Gasteiger partial charge in [-0.25, -0.2) is 0 Å². The van der Waals surface area contributed by atoms with E-state index in [0.29, 0.717) is 0 Å². The fourth-order valence-corrected chi connectivity index (χ4v) is 0.831. The van der Waals surface area contributed by atoms with Gasteiger partial charge in [0, 0.05) is 19.8 Å². The zero-order valence-electron chi connectivity index (χ0n) is 8.15. The first-order chi connectivity index (χ1) is 5.09. The van der Waals surface area contributed by atoms with Crippen molar-refractivity contribution in [3.05, 3.63) is 23.9 Å². The average molecular weight is 153 g/mol. The third kappa shape index (κ3) is 3.87. The van der Waals surface area contributed by atoms with Crippen LogP contribution in [0.2, 0.25) is 0 Å². The van der Waals surface area contributed by atoms with Crippen molar-refractivity contribution >= 4 is 0 Å². The Kier molecular flexibility index (Phi) is 4.67. The van der Waals surface area contributed by atoms with Crippen LogP contribution in [-0.2, 0) is 0 Å². The van der Waals surface area contributed by atoms with Gasteiger partial charge in [0.05, 0.1) is 0 Å². The van der Waals surface area contributed by atoms with E-state index in [1.165, 1.54) is 12.0 Å². The highest BCUT2D eigenvalue weighted by Gasteiger charge is 1.96. The maximum atomic E-state index is 3.96. The molecule has 0 spiro atoms. The molecule has 0 aromatic carbocycles. The molecule has 11 heavy (non-hydrogen) atoms. The quantitative estimate of drug-likeness (QED) is 0.561. The van der Waals surface area contributed by atoms with E-state index in [-0.39, 0.29) is 0 Å². The van der Waals surface area contributed by atoms with Crippen LogP contribution in [-0.4, -0.2) is 19.0 Å². The lowest BCUT2D eigenvalue weighted by molar-refractivity contribution is 0.523. The maximum Gasteiger partial charge on any atom is 0.0314 e. The van der Waals surface area contributed by atoms with Gasteiger partial charge in [0.1, 0.15) is 0 Å². The first kappa shape index (κ1) is 10.3. The highest BCUT2D eigenvalue weighted by atomic mass is 15.1. The van der Waals surface area contributed by atoms with Crippen molar-refractivity contribution < 1.29 is 0 Å². The molecule has 0 aliphatic carbocycles. The second kappa shape index (κ2) is 5.00. The largest absolute Gasteiger partial charge is 0.378 e. The summed E-state index contributed by atoms with van der Waals surface area (Å²) in [6.07, 6.45) is 4.60. The van der Waals surface area contributed by atoms with E-state index < -0.39 is 0 Å². The molecule has 0 N–H and O–H groups in total. The molecule has 0 aromatic heterocycles. The molecule has 1 heteroatoms. The molecule has 0 aliphatic rings. The van der Waals surface area contributed by atoms with Crippen molar-refractivity contribution in [3.8, 4) is 0 Å². The van der Waals surface area contributed by atoms with Crippen molar-refractivity contribution in [3.63, 3.8) is 0 Å². The summed E-state index contributed by atoms with van der Waals surface area (Å²) in [5, 5.41) is 0. The van der Waals surface area contributed by atoms with Gasteiger partial charge in [-0.3, -0.25) is 0 Å². The molecular weight excluding hydrogens is 134 g/mol. The van der Waals surface area contributed by atoms with Gasteiger partial charge < -0.3 is 4.90 Å². The van der Waals surface area contributed by atoms with Gasteiger partial charge in [-0.2, -0.15) is 0 Å². The van der Waals surface area contributed by atoms with Gasteiger partial charge in [-0.15, -0.1) is 0 Å². The lowest BCUT2D eigenvalue weighted by Crippen LogP contribution is -2.10. The molecule has 0 bridgehead atoms. The minimum atomic E-state index is 1.11. The van der Waals surface area contributed by atoms with Crippen LogP contribution >= 0.6 is 0 Å².